The minimum Gasteiger partial charge on any atom is -0.324 e. The number of rotatable bonds is 5. The number of hydrogen-bond acceptors (Lipinski definition) is 6. The molecule has 2 aromatic heterocycles. The number of nitrogens with one attached hydrogen (secondary N) is 2. The lowest BCUT2D eigenvalue weighted by molar-refractivity contribution is 0.953. The summed E-state index contributed by atoms with van der Waals surface area (Å²) < 4.78 is 0. The number of hydrogen-bond donors (Lipinski definition) is 2. The molecule has 6 aromatic rings. The molecule has 6 heterocycles. The molecule has 10 rings (SSSR count). The van der Waals surface area contributed by atoms with Crippen LogP contribution in [0.2, 0.25) is 0 Å². The fourth-order valence-electron chi connectivity index (χ4n) is 7.94. The fraction of sp³-hybridized carbons (Fsp3) is 0.211. The van der Waals surface area contributed by atoms with Crippen LogP contribution in [0, 0.1) is 0 Å². The second kappa shape index (κ2) is 10.0. The molecule has 2 N–H and O–H groups in total. The Morgan fingerprint density at radius 1 is 0.391 bits per heavy atom. The van der Waals surface area contributed by atoms with Crippen molar-refractivity contribution in [1.82, 2.24) is 19.9 Å². The second-order valence-electron chi connectivity index (χ2n) is 12.6. The third-order valence-corrected chi connectivity index (χ3v) is 10.2. The van der Waals surface area contributed by atoms with E-state index in [1.807, 2.05) is 0 Å². The average Bonchev–Trinajstić information content (AvgIpc) is 3.94. The molecule has 8 nitrogen and oxygen atoms in total. The first-order valence-electron chi connectivity index (χ1n) is 16.4. The zero-order chi connectivity index (χ0) is 30.2. The summed E-state index contributed by atoms with van der Waals surface area (Å²) in [6.45, 7) is 3.62. The first kappa shape index (κ1) is 25.8. The average molecular weight is 603 g/mol. The zero-order valence-electron chi connectivity index (χ0n) is 25.6. The van der Waals surface area contributed by atoms with Gasteiger partial charge < -0.3 is 29.6 Å². The maximum Gasteiger partial charge on any atom is 0.177 e. The minimum absolute atomic E-state index is 0.756. The maximum absolute atomic E-state index is 5.37. The van der Waals surface area contributed by atoms with Gasteiger partial charge in [0, 0.05) is 48.9 Å². The molecule has 0 spiro atoms. The van der Waals surface area contributed by atoms with Gasteiger partial charge in [-0.25, -0.2) is 9.97 Å². The highest BCUT2D eigenvalue weighted by Crippen LogP contribution is 2.47. The summed E-state index contributed by atoms with van der Waals surface area (Å²) in [6.07, 6.45) is 4.04. The van der Waals surface area contributed by atoms with Gasteiger partial charge >= 0.3 is 0 Å². The monoisotopic (exact) mass is 602 g/mol. The largest absolute Gasteiger partial charge is 0.324 e. The Hall–Kier alpha value is -5.50. The number of nitrogens with zero attached hydrogens (tertiary/aromatic N) is 6. The highest BCUT2D eigenvalue weighted by Gasteiger charge is 2.34. The van der Waals surface area contributed by atoms with Crippen molar-refractivity contribution >= 4 is 46.0 Å². The molecule has 0 amide bonds. The molecule has 0 unspecified atom stereocenters. The van der Waals surface area contributed by atoms with E-state index in [-0.39, 0.29) is 0 Å². The number of H-pyrrole nitrogens is 2. The quantitative estimate of drug-likeness (QED) is 0.212. The molecule has 0 aliphatic carbocycles. The summed E-state index contributed by atoms with van der Waals surface area (Å²) in [5, 5.41) is 0. The molecule has 0 bridgehead atoms. The van der Waals surface area contributed by atoms with Crippen LogP contribution in [0.3, 0.4) is 0 Å². The molecule has 4 aromatic carbocycles. The molecule has 0 radical (unpaired) electrons. The molecule has 4 aliphatic rings. The van der Waals surface area contributed by atoms with E-state index in [0.717, 1.165) is 86.8 Å². The molecular weight excluding hydrogens is 568 g/mol. The summed E-state index contributed by atoms with van der Waals surface area (Å²) in [4.78, 5) is 27.9. The van der Waals surface area contributed by atoms with E-state index in [0.29, 0.717) is 0 Å². The van der Waals surface area contributed by atoms with Crippen LogP contribution in [0.4, 0.5) is 46.0 Å². The summed E-state index contributed by atoms with van der Waals surface area (Å²) >= 11 is 0. The lowest BCUT2D eigenvalue weighted by atomic mass is 10.2. The highest BCUT2D eigenvalue weighted by molar-refractivity contribution is 5.85. The van der Waals surface area contributed by atoms with E-state index >= 15 is 0 Å². The summed E-state index contributed by atoms with van der Waals surface area (Å²) in [7, 11) is 0. The van der Waals surface area contributed by atoms with E-state index in [1.54, 1.807) is 0 Å². The van der Waals surface area contributed by atoms with Crippen LogP contribution in [0.25, 0.3) is 11.6 Å². The first-order valence-corrected chi connectivity index (χ1v) is 16.4. The molecular formula is C38H34N8. The topological polar surface area (TPSA) is 70.3 Å². The van der Waals surface area contributed by atoms with Crippen LogP contribution >= 0.6 is 0 Å². The first-order chi connectivity index (χ1) is 22.8. The number of anilines is 8. The van der Waals surface area contributed by atoms with Crippen molar-refractivity contribution in [3.8, 4) is 11.6 Å². The molecule has 46 heavy (non-hydrogen) atoms. The smallest absolute Gasteiger partial charge is 0.177 e. The number of para-hydroxylation sites is 4. The van der Waals surface area contributed by atoms with Crippen LogP contribution in [0.15, 0.2) is 97.1 Å². The Morgan fingerprint density at radius 2 is 0.696 bits per heavy atom. The second-order valence-corrected chi connectivity index (χ2v) is 12.6. The van der Waals surface area contributed by atoms with Gasteiger partial charge in [-0.05, 0) is 72.2 Å². The van der Waals surface area contributed by atoms with Gasteiger partial charge in [-0.1, -0.05) is 72.8 Å². The van der Waals surface area contributed by atoms with Gasteiger partial charge in [0.2, 0.25) is 0 Å². The van der Waals surface area contributed by atoms with E-state index in [4.69, 9.17) is 9.97 Å². The van der Waals surface area contributed by atoms with Crippen molar-refractivity contribution < 1.29 is 0 Å². The Labute approximate surface area is 268 Å². The number of fused-ring (bicyclic) bond motifs is 4. The van der Waals surface area contributed by atoms with E-state index < -0.39 is 0 Å². The Balaban J connectivity index is 1.14. The van der Waals surface area contributed by atoms with Gasteiger partial charge in [-0.2, -0.15) is 0 Å². The lowest BCUT2D eigenvalue weighted by Crippen LogP contribution is -2.20. The van der Waals surface area contributed by atoms with E-state index in [1.165, 1.54) is 45.0 Å². The van der Waals surface area contributed by atoms with E-state index in [2.05, 4.69) is 127 Å². The third kappa shape index (κ3) is 3.86. The number of imidazole rings is 2. The molecule has 0 saturated carbocycles. The van der Waals surface area contributed by atoms with Gasteiger partial charge in [-0.15, -0.1) is 0 Å². The maximum atomic E-state index is 5.37. The van der Waals surface area contributed by atoms with Gasteiger partial charge in [0.05, 0.1) is 0 Å². The van der Waals surface area contributed by atoms with Crippen LogP contribution in [0.5, 0.6) is 0 Å². The van der Waals surface area contributed by atoms with Crippen molar-refractivity contribution in [1.29, 1.82) is 0 Å². The van der Waals surface area contributed by atoms with Crippen molar-refractivity contribution in [2.24, 2.45) is 0 Å². The van der Waals surface area contributed by atoms with Gasteiger partial charge in [0.15, 0.2) is 34.9 Å². The van der Waals surface area contributed by atoms with Gasteiger partial charge in [0.25, 0.3) is 0 Å². The molecule has 8 heteroatoms. The summed E-state index contributed by atoms with van der Waals surface area (Å²) in [5.74, 6) is 5.46. The van der Waals surface area contributed by atoms with Crippen molar-refractivity contribution in [2.45, 2.75) is 25.7 Å². The fourth-order valence-corrected chi connectivity index (χ4v) is 7.94. The van der Waals surface area contributed by atoms with E-state index in [9.17, 15) is 0 Å². The Kier molecular flexibility index (Phi) is 5.61. The number of benzene rings is 4. The molecule has 0 atom stereocenters. The van der Waals surface area contributed by atoms with Gasteiger partial charge in [-0.3, -0.25) is 0 Å². The third-order valence-electron chi connectivity index (χ3n) is 10.2. The van der Waals surface area contributed by atoms with Crippen LogP contribution in [-0.4, -0.2) is 46.1 Å². The Morgan fingerprint density at radius 3 is 1.07 bits per heavy atom. The van der Waals surface area contributed by atoms with Crippen molar-refractivity contribution in [2.75, 3.05) is 45.8 Å². The molecule has 0 fully saturated rings. The van der Waals surface area contributed by atoms with Crippen LogP contribution < -0.4 is 19.6 Å². The SMILES string of the molecule is c1ccc2c(c1)CCN2c1nc(-c2nc(N3CCc4ccccc43)c(N3CCc4ccccc43)[nH]2)[nH]c1N1CCc2ccccc21. The predicted molar refractivity (Wildman–Crippen MR) is 185 cm³/mol. The molecule has 0 saturated heterocycles. The lowest BCUT2D eigenvalue weighted by Gasteiger charge is -2.24. The van der Waals surface area contributed by atoms with Crippen molar-refractivity contribution in [3.63, 3.8) is 0 Å². The Bertz CT molecular complexity index is 1830. The molecule has 226 valence electrons. The summed E-state index contributed by atoms with van der Waals surface area (Å²) in [5.41, 5.74) is 10.4. The van der Waals surface area contributed by atoms with Crippen LogP contribution in [0.1, 0.15) is 22.3 Å². The minimum atomic E-state index is 0.756. The highest BCUT2D eigenvalue weighted by atomic mass is 15.4. The normalized spacial score (nSPS) is 16.3. The number of aromatic amines is 2. The predicted octanol–water partition coefficient (Wildman–Crippen LogP) is 7.58. The van der Waals surface area contributed by atoms with Crippen molar-refractivity contribution in [3.05, 3.63) is 119 Å². The molecule has 4 aliphatic heterocycles. The standard InChI is InChI=1S/C38H34N8/c1-5-13-29-25(9-1)17-21-43(29)35-36(44-22-18-26-10-2-6-14-30(26)44)40-33(39-35)34-41-37(45-23-19-27-11-3-7-15-31(27)45)38(42-34)46-24-20-28-12-4-8-16-32(28)46/h1-16H,17-24H2,(H,39,40)(H,41,42). The van der Waals surface area contributed by atoms with Gasteiger partial charge in [0.1, 0.15) is 0 Å². The summed E-state index contributed by atoms with van der Waals surface area (Å²) in [6, 6.07) is 34.9. The van der Waals surface area contributed by atoms with Crippen LogP contribution in [-0.2, 0) is 25.7 Å². The number of aromatic nitrogens is 4. The zero-order valence-corrected chi connectivity index (χ0v) is 25.6.